The van der Waals surface area contributed by atoms with Gasteiger partial charge in [0.15, 0.2) is 0 Å². The first-order valence-electron chi connectivity index (χ1n) is 5.35. The van der Waals surface area contributed by atoms with Gasteiger partial charge >= 0.3 is 0 Å². The fourth-order valence-electron chi connectivity index (χ4n) is 1.75. The number of ether oxygens (including phenoxy) is 1. The van der Waals surface area contributed by atoms with Crippen molar-refractivity contribution in [2.24, 2.45) is 0 Å². The summed E-state index contributed by atoms with van der Waals surface area (Å²) >= 11 is 5.86. The lowest BCUT2D eigenvalue weighted by molar-refractivity contribution is 0.409. The Morgan fingerprint density at radius 1 is 1.22 bits per heavy atom. The van der Waals surface area contributed by atoms with Gasteiger partial charge in [0, 0.05) is 9.13 Å². The molecule has 2 aromatic carbocycles. The van der Waals surface area contributed by atoms with Gasteiger partial charge in [0.2, 0.25) is 0 Å². The lowest BCUT2D eigenvalue weighted by Crippen LogP contribution is -1.98. The van der Waals surface area contributed by atoms with Crippen LogP contribution in [-0.4, -0.2) is 7.11 Å². The monoisotopic (exact) mass is 420 g/mol. The van der Waals surface area contributed by atoms with Gasteiger partial charge in [0.05, 0.1) is 11.9 Å². The molecule has 1 atom stereocenters. The summed E-state index contributed by atoms with van der Waals surface area (Å²) in [6.45, 7) is 0. The first kappa shape index (κ1) is 13.8. The Morgan fingerprint density at radius 3 is 2.67 bits per heavy atom. The van der Waals surface area contributed by atoms with Gasteiger partial charge in [-0.2, -0.15) is 0 Å². The van der Waals surface area contributed by atoms with Gasteiger partial charge in [-0.15, -0.1) is 0 Å². The predicted molar refractivity (Wildman–Crippen MR) is 82.9 cm³/mol. The maximum atomic E-state index is 13.4. The molecule has 1 nitrogen and oxygen atoms in total. The van der Waals surface area contributed by atoms with Gasteiger partial charge in [-0.1, -0.05) is 28.1 Å². The van der Waals surface area contributed by atoms with Crippen molar-refractivity contribution < 1.29 is 9.13 Å². The summed E-state index contributed by atoms with van der Waals surface area (Å²) in [5, 5.41) is 0. The van der Waals surface area contributed by atoms with Crippen molar-refractivity contribution >= 4 is 38.5 Å². The molecule has 2 rings (SSSR count). The molecule has 0 saturated heterocycles. The van der Waals surface area contributed by atoms with Gasteiger partial charge in [-0.25, -0.2) is 4.39 Å². The minimum absolute atomic E-state index is 0.0853. The van der Waals surface area contributed by atoms with Crippen LogP contribution in [0.1, 0.15) is 16.0 Å². The molecule has 2 aromatic rings. The smallest absolute Gasteiger partial charge is 0.123 e. The fourth-order valence-corrected chi connectivity index (χ4v) is 2.96. The molecule has 0 amide bonds. The van der Waals surface area contributed by atoms with E-state index in [-0.39, 0.29) is 10.6 Å². The molecule has 0 radical (unpaired) electrons. The summed E-state index contributed by atoms with van der Waals surface area (Å²) in [6.07, 6.45) is 0. The molecule has 4 heteroatoms. The fraction of sp³-hybridized carbons (Fsp3) is 0.143. The number of rotatable bonds is 3. The zero-order valence-electron chi connectivity index (χ0n) is 9.66. The van der Waals surface area contributed by atoms with Crippen molar-refractivity contribution in [3.63, 3.8) is 0 Å². The Morgan fingerprint density at radius 2 is 2.00 bits per heavy atom. The molecule has 1 unspecified atom stereocenters. The number of methoxy groups -OCH3 is 1. The van der Waals surface area contributed by atoms with E-state index in [4.69, 9.17) is 4.74 Å². The summed E-state index contributed by atoms with van der Waals surface area (Å²) in [7, 11) is 1.59. The van der Waals surface area contributed by atoms with E-state index >= 15 is 0 Å². The van der Waals surface area contributed by atoms with Crippen LogP contribution < -0.4 is 4.74 Å². The average Bonchev–Trinajstić information content (AvgIpc) is 2.38. The van der Waals surface area contributed by atoms with Gasteiger partial charge in [0.1, 0.15) is 11.6 Å². The number of hydrogen-bond donors (Lipinski definition) is 0. The van der Waals surface area contributed by atoms with Gasteiger partial charge in [-0.05, 0) is 58.5 Å². The molecule has 0 heterocycles. The molecule has 0 saturated carbocycles. The highest BCUT2D eigenvalue weighted by atomic mass is 127. The van der Waals surface area contributed by atoms with Crippen molar-refractivity contribution in [3.8, 4) is 5.75 Å². The summed E-state index contributed by atoms with van der Waals surface area (Å²) in [5.41, 5.74) is 1.87. The lowest BCUT2D eigenvalue weighted by Gasteiger charge is -2.15. The third kappa shape index (κ3) is 3.03. The highest BCUT2D eigenvalue weighted by Crippen LogP contribution is 2.37. The van der Waals surface area contributed by atoms with E-state index in [1.54, 1.807) is 13.2 Å². The Bertz CT molecular complexity index is 559. The second-order valence-corrected chi connectivity index (χ2v) is 5.97. The number of benzene rings is 2. The summed E-state index contributed by atoms with van der Waals surface area (Å²) in [5.74, 6) is 0.415. The molecule has 0 aliphatic carbocycles. The molecule has 0 N–H and O–H groups in total. The second-order valence-electron chi connectivity index (χ2n) is 3.80. The minimum Gasteiger partial charge on any atom is -0.496 e. The standard InChI is InChI=1S/C14H11BrFIO/c1-18-13-6-5-10(16)8-12(13)14(15)9-3-2-4-11(17)7-9/h2-8,14H,1H3. The maximum Gasteiger partial charge on any atom is 0.123 e. The Labute approximate surface area is 128 Å². The first-order chi connectivity index (χ1) is 8.61. The quantitative estimate of drug-likeness (QED) is 0.505. The number of halogens is 3. The number of hydrogen-bond acceptors (Lipinski definition) is 1. The highest BCUT2D eigenvalue weighted by molar-refractivity contribution is 14.1. The van der Waals surface area contributed by atoms with E-state index in [0.717, 1.165) is 14.7 Å². The Kier molecular flexibility index (Phi) is 4.61. The van der Waals surface area contributed by atoms with E-state index in [1.165, 1.54) is 12.1 Å². The molecule has 0 aliphatic heterocycles. The zero-order valence-corrected chi connectivity index (χ0v) is 13.4. The van der Waals surface area contributed by atoms with Gasteiger partial charge in [-0.3, -0.25) is 0 Å². The van der Waals surface area contributed by atoms with Crippen LogP contribution in [0.5, 0.6) is 5.75 Å². The molecule has 18 heavy (non-hydrogen) atoms. The third-order valence-corrected chi connectivity index (χ3v) is 4.30. The van der Waals surface area contributed by atoms with Crippen molar-refractivity contribution in [1.29, 1.82) is 0 Å². The second kappa shape index (κ2) is 6.02. The van der Waals surface area contributed by atoms with Crippen LogP contribution in [0.2, 0.25) is 0 Å². The molecular formula is C14H11BrFIO. The van der Waals surface area contributed by atoms with Crippen LogP contribution in [0.15, 0.2) is 42.5 Å². The topological polar surface area (TPSA) is 9.23 Å². The van der Waals surface area contributed by atoms with E-state index in [1.807, 2.05) is 18.2 Å². The van der Waals surface area contributed by atoms with E-state index in [2.05, 4.69) is 44.6 Å². The van der Waals surface area contributed by atoms with E-state index < -0.39 is 0 Å². The van der Waals surface area contributed by atoms with E-state index in [9.17, 15) is 4.39 Å². The van der Waals surface area contributed by atoms with Crippen LogP contribution in [0, 0.1) is 9.39 Å². The van der Waals surface area contributed by atoms with Crippen LogP contribution in [0.4, 0.5) is 4.39 Å². The maximum absolute atomic E-state index is 13.4. The van der Waals surface area contributed by atoms with E-state index in [0.29, 0.717) is 5.75 Å². The van der Waals surface area contributed by atoms with Crippen LogP contribution in [-0.2, 0) is 0 Å². The normalized spacial score (nSPS) is 12.2. The molecule has 0 aliphatic rings. The Hall–Kier alpha value is -0.620. The first-order valence-corrected chi connectivity index (χ1v) is 7.34. The van der Waals surface area contributed by atoms with Crippen molar-refractivity contribution in [1.82, 2.24) is 0 Å². The molecule has 0 bridgehead atoms. The molecule has 0 aromatic heterocycles. The minimum atomic E-state index is -0.263. The summed E-state index contributed by atoms with van der Waals surface area (Å²) in [4.78, 5) is -0.0853. The molecule has 0 fully saturated rings. The van der Waals surface area contributed by atoms with Crippen molar-refractivity contribution in [2.45, 2.75) is 4.83 Å². The zero-order chi connectivity index (χ0) is 13.1. The predicted octanol–water partition coefficient (Wildman–Crippen LogP) is 4.92. The van der Waals surface area contributed by atoms with Crippen molar-refractivity contribution in [3.05, 3.63) is 63.0 Å². The van der Waals surface area contributed by atoms with Crippen LogP contribution in [0.25, 0.3) is 0 Å². The Balaban J connectivity index is 2.44. The summed E-state index contributed by atoms with van der Waals surface area (Å²) in [6, 6.07) is 12.6. The third-order valence-electron chi connectivity index (χ3n) is 2.61. The van der Waals surface area contributed by atoms with Crippen molar-refractivity contribution in [2.75, 3.05) is 7.11 Å². The molecule has 94 valence electrons. The van der Waals surface area contributed by atoms with Gasteiger partial charge < -0.3 is 4.74 Å². The van der Waals surface area contributed by atoms with Gasteiger partial charge in [0.25, 0.3) is 0 Å². The number of alkyl halides is 1. The largest absolute Gasteiger partial charge is 0.496 e. The molecular weight excluding hydrogens is 410 g/mol. The lowest BCUT2D eigenvalue weighted by atomic mass is 10.0. The highest BCUT2D eigenvalue weighted by Gasteiger charge is 2.16. The summed E-state index contributed by atoms with van der Waals surface area (Å²) < 4.78 is 19.8. The SMILES string of the molecule is COc1ccc(F)cc1C(Br)c1cccc(I)c1. The molecule has 0 spiro atoms. The van der Waals surface area contributed by atoms with Crippen LogP contribution in [0.3, 0.4) is 0 Å². The van der Waals surface area contributed by atoms with Crippen LogP contribution >= 0.6 is 38.5 Å². The average molecular weight is 421 g/mol.